The summed E-state index contributed by atoms with van der Waals surface area (Å²) in [6, 6.07) is -0.0601. The predicted octanol–water partition coefficient (Wildman–Crippen LogP) is 3.13. The van der Waals surface area contributed by atoms with Gasteiger partial charge in [-0.05, 0) is 37.1 Å². The minimum Gasteiger partial charge on any atom is -0.468 e. The Morgan fingerprint density at radius 3 is 2.47 bits per heavy atom. The summed E-state index contributed by atoms with van der Waals surface area (Å²) in [6.07, 6.45) is 10.5. The van der Waals surface area contributed by atoms with Crippen LogP contribution in [0.1, 0.15) is 58.3 Å². The standard InChI is InChI=1S/C16H29NO2/c1-12-3-5-13(6-4-12)7-8-14-9-10-17-15(11-14)16(18)19-2/h12-15,17H,3-11H2,1-2H3/t12?,13?,14-,15+/m0/s1. The highest BCUT2D eigenvalue weighted by molar-refractivity contribution is 5.75. The van der Waals surface area contributed by atoms with Gasteiger partial charge in [0, 0.05) is 0 Å². The molecule has 19 heavy (non-hydrogen) atoms. The summed E-state index contributed by atoms with van der Waals surface area (Å²) in [4.78, 5) is 11.6. The van der Waals surface area contributed by atoms with Gasteiger partial charge in [-0.15, -0.1) is 0 Å². The average molecular weight is 267 g/mol. The first-order valence-corrected chi connectivity index (χ1v) is 8.00. The third-order valence-corrected chi connectivity index (χ3v) is 5.12. The van der Waals surface area contributed by atoms with Crippen LogP contribution in [-0.4, -0.2) is 25.7 Å². The molecule has 1 heterocycles. The van der Waals surface area contributed by atoms with Gasteiger partial charge in [0.05, 0.1) is 7.11 Å². The molecule has 1 aliphatic carbocycles. The summed E-state index contributed by atoms with van der Waals surface area (Å²) in [6.45, 7) is 3.34. The van der Waals surface area contributed by atoms with Gasteiger partial charge in [0.2, 0.25) is 0 Å². The summed E-state index contributed by atoms with van der Waals surface area (Å²) < 4.78 is 4.84. The molecule has 0 spiro atoms. The maximum Gasteiger partial charge on any atom is 0.322 e. The fourth-order valence-electron chi connectivity index (χ4n) is 3.67. The Hall–Kier alpha value is -0.570. The third-order valence-electron chi connectivity index (χ3n) is 5.12. The van der Waals surface area contributed by atoms with E-state index in [0.717, 1.165) is 24.8 Å². The van der Waals surface area contributed by atoms with E-state index >= 15 is 0 Å². The number of nitrogens with one attached hydrogen (secondary N) is 1. The van der Waals surface area contributed by atoms with Crippen LogP contribution >= 0.6 is 0 Å². The SMILES string of the molecule is COC(=O)[C@H]1C[C@@H](CCC2CCC(C)CC2)CCN1. The first-order chi connectivity index (χ1) is 9.19. The molecule has 3 nitrogen and oxygen atoms in total. The van der Waals surface area contributed by atoms with Crippen LogP contribution < -0.4 is 5.32 Å². The van der Waals surface area contributed by atoms with Crippen molar-refractivity contribution in [3.05, 3.63) is 0 Å². The Bertz CT molecular complexity index is 284. The zero-order valence-corrected chi connectivity index (χ0v) is 12.5. The van der Waals surface area contributed by atoms with E-state index in [2.05, 4.69) is 12.2 Å². The third kappa shape index (κ3) is 4.48. The number of piperidine rings is 1. The molecule has 110 valence electrons. The van der Waals surface area contributed by atoms with E-state index in [1.165, 1.54) is 52.1 Å². The van der Waals surface area contributed by atoms with Crippen molar-refractivity contribution in [1.29, 1.82) is 0 Å². The zero-order valence-electron chi connectivity index (χ0n) is 12.5. The molecular formula is C16H29NO2. The molecule has 1 saturated heterocycles. The van der Waals surface area contributed by atoms with E-state index in [1.54, 1.807) is 0 Å². The molecule has 0 amide bonds. The number of esters is 1. The normalized spacial score (nSPS) is 35.9. The molecule has 2 rings (SSSR count). The van der Waals surface area contributed by atoms with Gasteiger partial charge in [0.25, 0.3) is 0 Å². The van der Waals surface area contributed by atoms with Gasteiger partial charge >= 0.3 is 5.97 Å². The number of hydrogen-bond donors (Lipinski definition) is 1. The lowest BCUT2D eigenvalue weighted by Crippen LogP contribution is -2.44. The van der Waals surface area contributed by atoms with Crippen LogP contribution in [-0.2, 0) is 9.53 Å². The van der Waals surface area contributed by atoms with Crippen molar-refractivity contribution in [2.24, 2.45) is 17.8 Å². The lowest BCUT2D eigenvalue weighted by molar-refractivity contribution is -0.144. The highest BCUT2D eigenvalue weighted by Gasteiger charge is 2.28. The first-order valence-electron chi connectivity index (χ1n) is 8.00. The van der Waals surface area contributed by atoms with E-state index in [-0.39, 0.29) is 12.0 Å². The van der Waals surface area contributed by atoms with Crippen LogP contribution in [0.2, 0.25) is 0 Å². The van der Waals surface area contributed by atoms with Crippen LogP contribution in [0.4, 0.5) is 0 Å². The van der Waals surface area contributed by atoms with Crippen molar-refractivity contribution in [1.82, 2.24) is 5.32 Å². The van der Waals surface area contributed by atoms with E-state index in [1.807, 2.05) is 0 Å². The lowest BCUT2D eigenvalue weighted by Gasteiger charge is -2.31. The first kappa shape index (κ1) is 14.8. The summed E-state index contributed by atoms with van der Waals surface area (Å²) in [5.41, 5.74) is 0. The molecule has 2 aliphatic rings. The van der Waals surface area contributed by atoms with Gasteiger partial charge < -0.3 is 10.1 Å². The maximum atomic E-state index is 11.6. The van der Waals surface area contributed by atoms with Crippen LogP contribution in [0.3, 0.4) is 0 Å². The number of hydrogen-bond acceptors (Lipinski definition) is 3. The zero-order chi connectivity index (χ0) is 13.7. The van der Waals surface area contributed by atoms with Crippen LogP contribution in [0.15, 0.2) is 0 Å². The van der Waals surface area contributed by atoms with E-state index < -0.39 is 0 Å². The quantitative estimate of drug-likeness (QED) is 0.795. The number of ether oxygens (including phenoxy) is 1. The van der Waals surface area contributed by atoms with Gasteiger partial charge in [-0.2, -0.15) is 0 Å². The Labute approximate surface area is 117 Å². The molecule has 3 heteroatoms. The topological polar surface area (TPSA) is 38.3 Å². The largest absolute Gasteiger partial charge is 0.468 e. The van der Waals surface area contributed by atoms with Crippen molar-refractivity contribution in [3.63, 3.8) is 0 Å². The molecule has 1 aliphatic heterocycles. The number of methoxy groups -OCH3 is 1. The van der Waals surface area contributed by atoms with E-state index in [9.17, 15) is 4.79 Å². The molecule has 0 aromatic heterocycles. The second-order valence-electron chi connectivity index (χ2n) is 6.62. The van der Waals surface area contributed by atoms with E-state index in [0.29, 0.717) is 5.92 Å². The lowest BCUT2D eigenvalue weighted by atomic mass is 9.78. The smallest absolute Gasteiger partial charge is 0.322 e. The fraction of sp³-hybridized carbons (Fsp3) is 0.938. The Balaban J connectivity index is 1.69. The number of rotatable bonds is 4. The van der Waals surface area contributed by atoms with Crippen molar-refractivity contribution in [3.8, 4) is 0 Å². The highest BCUT2D eigenvalue weighted by Crippen LogP contribution is 2.33. The second-order valence-corrected chi connectivity index (χ2v) is 6.62. The Kier molecular flexibility index (Phi) is 5.68. The van der Waals surface area contributed by atoms with Gasteiger partial charge in [-0.25, -0.2) is 0 Å². The van der Waals surface area contributed by atoms with Crippen LogP contribution in [0.25, 0.3) is 0 Å². The molecule has 0 aromatic rings. The van der Waals surface area contributed by atoms with Gasteiger partial charge in [0.1, 0.15) is 6.04 Å². The van der Waals surface area contributed by atoms with Crippen LogP contribution in [0.5, 0.6) is 0 Å². The Morgan fingerprint density at radius 1 is 1.11 bits per heavy atom. The number of carbonyl (C=O) groups excluding carboxylic acids is 1. The van der Waals surface area contributed by atoms with E-state index in [4.69, 9.17) is 4.74 Å². The predicted molar refractivity (Wildman–Crippen MR) is 76.9 cm³/mol. The van der Waals surface area contributed by atoms with Crippen molar-refractivity contribution >= 4 is 5.97 Å². The Morgan fingerprint density at radius 2 is 1.79 bits per heavy atom. The number of carbonyl (C=O) groups is 1. The molecular weight excluding hydrogens is 238 g/mol. The van der Waals surface area contributed by atoms with Crippen molar-refractivity contribution in [2.75, 3.05) is 13.7 Å². The summed E-state index contributed by atoms with van der Waals surface area (Å²) in [7, 11) is 1.48. The molecule has 0 aromatic carbocycles. The van der Waals surface area contributed by atoms with Gasteiger partial charge in [-0.3, -0.25) is 4.79 Å². The molecule has 2 atom stereocenters. The minimum absolute atomic E-state index is 0.0601. The van der Waals surface area contributed by atoms with Gasteiger partial charge in [-0.1, -0.05) is 45.4 Å². The molecule has 0 unspecified atom stereocenters. The molecule has 2 fully saturated rings. The maximum absolute atomic E-state index is 11.6. The second kappa shape index (κ2) is 7.28. The molecule has 1 N–H and O–H groups in total. The average Bonchev–Trinajstić information content (AvgIpc) is 2.46. The monoisotopic (exact) mass is 267 g/mol. The fourth-order valence-corrected chi connectivity index (χ4v) is 3.67. The minimum atomic E-state index is -0.0869. The summed E-state index contributed by atoms with van der Waals surface area (Å²) in [5.74, 6) is 2.52. The van der Waals surface area contributed by atoms with Crippen molar-refractivity contribution in [2.45, 2.75) is 64.3 Å². The molecule has 1 saturated carbocycles. The van der Waals surface area contributed by atoms with Gasteiger partial charge in [0.15, 0.2) is 0 Å². The summed E-state index contributed by atoms with van der Waals surface area (Å²) >= 11 is 0. The van der Waals surface area contributed by atoms with Crippen LogP contribution in [0, 0.1) is 17.8 Å². The molecule has 0 bridgehead atoms. The summed E-state index contributed by atoms with van der Waals surface area (Å²) in [5, 5.41) is 3.27. The van der Waals surface area contributed by atoms with Crippen molar-refractivity contribution < 1.29 is 9.53 Å². The highest BCUT2D eigenvalue weighted by atomic mass is 16.5. The molecule has 0 radical (unpaired) electrons.